The molecule has 1 atom stereocenters. The number of nitrogens with one attached hydrogen (secondary N) is 1. The van der Waals surface area contributed by atoms with E-state index >= 15 is 0 Å². The Hall–Kier alpha value is -2.94. The molecule has 0 radical (unpaired) electrons. The van der Waals surface area contributed by atoms with Gasteiger partial charge in [0.25, 0.3) is 0 Å². The molecule has 0 fully saturated rings. The first kappa shape index (κ1) is 24.3. The number of carbonyl (C=O) groups is 1. The molecular formula is C22H30N2O6S. The van der Waals surface area contributed by atoms with Crippen molar-refractivity contribution in [1.29, 1.82) is 0 Å². The summed E-state index contributed by atoms with van der Waals surface area (Å²) in [6.07, 6.45) is 0.994. The predicted octanol–water partition coefficient (Wildman–Crippen LogP) is 3.13. The molecule has 170 valence electrons. The van der Waals surface area contributed by atoms with E-state index in [-0.39, 0.29) is 12.6 Å². The van der Waals surface area contributed by atoms with E-state index in [1.165, 1.54) is 7.11 Å². The molecule has 0 aromatic heterocycles. The van der Waals surface area contributed by atoms with E-state index in [9.17, 15) is 13.2 Å². The van der Waals surface area contributed by atoms with Crippen LogP contribution in [0.2, 0.25) is 0 Å². The topological polar surface area (TPSA) is 94.2 Å². The van der Waals surface area contributed by atoms with Crippen LogP contribution in [0.5, 0.6) is 17.2 Å². The van der Waals surface area contributed by atoms with E-state index in [0.29, 0.717) is 28.5 Å². The third-order valence-electron chi connectivity index (χ3n) is 4.45. The van der Waals surface area contributed by atoms with E-state index in [1.54, 1.807) is 56.5 Å². The van der Waals surface area contributed by atoms with E-state index < -0.39 is 22.0 Å². The molecule has 0 bridgehead atoms. The normalized spacial score (nSPS) is 12.2. The van der Waals surface area contributed by atoms with Gasteiger partial charge in [-0.25, -0.2) is 8.42 Å². The Morgan fingerprint density at radius 1 is 1.03 bits per heavy atom. The maximum absolute atomic E-state index is 12.8. The maximum Gasteiger partial charge on any atom is 0.241 e. The van der Waals surface area contributed by atoms with Crippen LogP contribution in [0.1, 0.15) is 32.4 Å². The van der Waals surface area contributed by atoms with Crippen LogP contribution in [0.25, 0.3) is 0 Å². The van der Waals surface area contributed by atoms with Crippen molar-refractivity contribution in [2.45, 2.75) is 32.9 Å². The molecule has 0 aliphatic rings. The van der Waals surface area contributed by atoms with Crippen LogP contribution in [0.4, 0.5) is 5.69 Å². The van der Waals surface area contributed by atoms with Crippen molar-refractivity contribution in [3.8, 4) is 17.2 Å². The van der Waals surface area contributed by atoms with Gasteiger partial charge in [-0.2, -0.15) is 0 Å². The highest BCUT2D eigenvalue weighted by Gasteiger charge is 2.23. The summed E-state index contributed by atoms with van der Waals surface area (Å²) in [5.41, 5.74) is 1.07. The highest BCUT2D eigenvalue weighted by molar-refractivity contribution is 7.92. The fourth-order valence-corrected chi connectivity index (χ4v) is 3.91. The highest BCUT2D eigenvalue weighted by atomic mass is 32.2. The standard InChI is InChI=1S/C22H30N2O6S/c1-15(2)30-19-9-7-8-17(12-19)24(31(6,26)27)14-22(25)23-16(3)20-13-18(28-4)10-11-21(20)29-5/h7-13,15-16H,14H2,1-6H3,(H,23,25)/t16-/m1/s1. The maximum atomic E-state index is 12.8. The number of sulfonamides is 1. The first-order valence-electron chi connectivity index (χ1n) is 9.81. The third-order valence-corrected chi connectivity index (χ3v) is 5.59. The molecule has 0 spiro atoms. The van der Waals surface area contributed by atoms with Crippen LogP contribution in [-0.4, -0.2) is 47.4 Å². The molecule has 2 aromatic rings. The Labute approximate surface area is 184 Å². The zero-order chi connectivity index (χ0) is 23.2. The van der Waals surface area contributed by atoms with Crippen LogP contribution < -0.4 is 23.8 Å². The average Bonchev–Trinajstić information content (AvgIpc) is 2.70. The monoisotopic (exact) mass is 450 g/mol. The van der Waals surface area contributed by atoms with E-state index in [4.69, 9.17) is 14.2 Å². The van der Waals surface area contributed by atoms with Crippen molar-refractivity contribution in [1.82, 2.24) is 5.32 Å². The number of anilines is 1. The molecule has 0 aliphatic carbocycles. The molecule has 1 N–H and O–H groups in total. The number of nitrogens with zero attached hydrogens (tertiary/aromatic N) is 1. The quantitative estimate of drug-likeness (QED) is 0.598. The smallest absolute Gasteiger partial charge is 0.241 e. The zero-order valence-corrected chi connectivity index (χ0v) is 19.5. The number of rotatable bonds is 10. The summed E-state index contributed by atoms with van der Waals surface area (Å²) >= 11 is 0. The van der Waals surface area contributed by atoms with Crippen LogP contribution in [0, 0.1) is 0 Å². The predicted molar refractivity (Wildman–Crippen MR) is 120 cm³/mol. The van der Waals surface area contributed by atoms with Gasteiger partial charge in [0.2, 0.25) is 15.9 Å². The van der Waals surface area contributed by atoms with E-state index in [1.807, 2.05) is 13.8 Å². The summed E-state index contributed by atoms with van der Waals surface area (Å²) < 4.78 is 42.1. The van der Waals surface area contributed by atoms with Crippen LogP contribution in [-0.2, 0) is 14.8 Å². The Morgan fingerprint density at radius 3 is 2.32 bits per heavy atom. The summed E-state index contributed by atoms with van der Waals surface area (Å²) in [7, 11) is -0.619. The van der Waals surface area contributed by atoms with E-state index in [2.05, 4.69) is 5.32 Å². The first-order valence-corrected chi connectivity index (χ1v) is 11.7. The number of benzene rings is 2. The van der Waals surface area contributed by atoms with Gasteiger partial charge in [0.15, 0.2) is 0 Å². The molecule has 0 heterocycles. The van der Waals surface area contributed by atoms with Gasteiger partial charge in [-0.15, -0.1) is 0 Å². The Bertz CT molecular complexity index is 1010. The lowest BCUT2D eigenvalue weighted by Gasteiger charge is -2.24. The third kappa shape index (κ3) is 6.78. The Balaban J connectivity index is 2.23. The minimum Gasteiger partial charge on any atom is -0.497 e. The van der Waals surface area contributed by atoms with Gasteiger partial charge in [0.1, 0.15) is 23.8 Å². The molecule has 8 nitrogen and oxygen atoms in total. The fourth-order valence-electron chi connectivity index (χ4n) is 3.06. The molecule has 2 rings (SSSR count). The van der Waals surface area contributed by atoms with Crippen molar-refractivity contribution >= 4 is 21.6 Å². The summed E-state index contributed by atoms with van der Waals surface area (Å²) in [5.74, 6) is 1.28. The molecule has 0 saturated carbocycles. The second kappa shape index (κ2) is 10.4. The largest absolute Gasteiger partial charge is 0.497 e. The molecule has 0 aliphatic heterocycles. The summed E-state index contributed by atoms with van der Waals surface area (Å²) in [5, 5.41) is 2.83. The van der Waals surface area contributed by atoms with Gasteiger partial charge in [0.05, 0.1) is 38.3 Å². The zero-order valence-electron chi connectivity index (χ0n) is 18.7. The SMILES string of the molecule is COc1ccc(OC)c([C@@H](C)NC(=O)CN(c2cccc(OC(C)C)c2)S(C)(=O)=O)c1. The summed E-state index contributed by atoms with van der Waals surface area (Å²) in [6.45, 7) is 5.17. The van der Waals surface area contributed by atoms with Crippen LogP contribution in [0.15, 0.2) is 42.5 Å². The Morgan fingerprint density at radius 2 is 1.74 bits per heavy atom. The van der Waals surface area contributed by atoms with Gasteiger partial charge in [-0.1, -0.05) is 6.07 Å². The van der Waals surface area contributed by atoms with Crippen molar-refractivity contribution in [3.05, 3.63) is 48.0 Å². The number of hydrogen-bond donors (Lipinski definition) is 1. The molecule has 31 heavy (non-hydrogen) atoms. The van der Waals surface area contributed by atoms with Crippen LogP contribution >= 0.6 is 0 Å². The lowest BCUT2D eigenvalue weighted by atomic mass is 10.1. The number of methoxy groups -OCH3 is 2. The molecular weight excluding hydrogens is 420 g/mol. The van der Waals surface area contributed by atoms with Crippen LogP contribution in [0.3, 0.4) is 0 Å². The summed E-state index contributed by atoms with van der Waals surface area (Å²) in [4.78, 5) is 12.8. The van der Waals surface area contributed by atoms with Crippen molar-refractivity contribution in [2.75, 3.05) is 31.3 Å². The van der Waals surface area contributed by atoms with E-state index in [0.717, 1.165) is 10.6 Å². The molecule has 2 aromatic carbocycles. The van der Waals surface area contributed by atoms with Gasteiger partial charge < -0.3 is 19.5 Å². The lowest BCUT2D eigenvalue weighted by molar-refractivity contribution is -0.120. The van der Waals surface area contributed by atoms with Crippen molar-refractivity contribution in [3.63, 3.8) is 0 Å². The number of hydrogen-bond acceptors (Lipinski definition) is 6. The summed E-state index contributed by atoms with van der Waals surface area (Å²) in [6, 6.07) is 11.5. The molecule has 0 saturated heterocycles. The average molecular weight is 451 g/mol. The minimum absolute atomic E-state index is 0.0658. The number of ether oxygens (including phenoxy) is 3. The highest BCUT2D eigenvalue weighted by Crippen LogP contribution is 2.29. The number of carbonyl (C=O) groups excluding carboxylic acids is 1. The van der Waals surface area contributed by atoms with Gasteiger partial charge in [-0.3, -0.25) is 9.10 Å². The van der Waals surface area contributed by atoms with Gasteiger partial charge >= 0.3 is 0 Å². The fraction of sp³-hybridized carbons (Fsp3) is 0.409. The molecule has 9 heteroatoms. The lowest BCUT2D eigenvalue weighted by Crippen LogP contribution is -2.41. The molecule has 0 unspecified atom stereocenters. The second-order valence-corrected chi connectivity index (χ2v) is 9.24. The number of amides is 1. The second-order valence-electron chi connectivity index (χ2n) is 7.33. The minimum atomic E-state index is -3.71. The Kier molecular flexibility index (Phi) is 8.15. The van der Waals surface area contributed by atoms with Gasteiger partial charge in [-0.05, 0) is 51.1 Å². The van der Waals surface area contributed by atoms with Crippen molar-refractivity contribution < 1.29 is 27.4 Å². The van der Waals surface area contributed by atoms with Crippen molar-refractivity contribution in [2.24, 2.45) is 0 Å². The molecule has 1 amide bonds. The first-order chi connectivity index (χ1) is 14.5. The van der Waals surface area contributed by atoms with Gasteiger partial charge in [0, 0.05) is 11.6 Å².